The van der Waals surface area contributed by atoms with Crippen molar-refractivity contribution in [2.75, 3.05) is 6.54 Å². The van der Waals surface area contributed by atoms with Crippen molar-refractivity contribution in [1.29, 1.82) is 0 Å². The van der Waals surface area contributed by atoms with Crippen molar-refractivity contribution in [3.63, 3.8) is 0 Å². The molecule has 1 saturated carbocycles. The van der Waals surface area contributed by atoms with Crippen LogP contribution in [0.15, 0.2) is 17.6 Å². The SMILES string of the molecule is CCCNC1CCC(CC)CC1Sc1nccn1C. The summed E-state index contributed by atoms with van der Waals surface area (Å²) >= 11 is 1.96. The van der Waals surface area contributed by atoms with Gasteiger partial charge in [0.05, 0.1) is 0 Å². The molecule has 1 N–H and O–H groups in total. The Bertz CT molecular complexity index is 377. The van der Waals surface area contributed by atoms with Crippen LogP contribution in [0.3, 0.4) is 0 Å². The minimum absolute atomic E-state index is 0.657. The van der Waals surface area contributed by atoms with Crippen LogP contribution in [0.4, 0.5) is 0 Å². The van der Waals surface area contributed by atoms with Gasteiger partial charge in [-0.25, -0.2) is 4.98 Å². The Morgan fingerprint density at radius 2 is 2.26 bits per heavy atom. The molecule has 1 aliphatic rings. The van der Waals surface area contributed by atoms with Crippen LogP contribution < -0.4 is 5.32 Å². The normalized spacial score (nSPS) is 27.6. The summed E-state index contributed by atoms with van der Waals surface area (Å²) in [6.45, 7) is 5.71. The smallest absolute Gasteiger partial charge is 0.167 e. The molecule has 108 valence electrons. The molecular formula is C15H27N3S. The third kappa shape index (κ3) is 3.99. The molecule has 3 nitrogen and oxygen atoms in total. The molecule has 0 radical (unpaired) electrons. The highest BCUT2D eigenvalue weighted by Gasteiger charge is 2.30. The second-order valence-electron chi connectivity index (χ2n) is 5.62. The summed E-state index contributed by atoms with van der Waals surface area (Å²) in [5.41, 5.74) is 0. The van der Waals surface area contributed by atoms with Gasteiger partial charge < -0.3 is 9.88 Å². The maximum atomic E-state index is 4.47. The molecule has 0 spiro atoms. The largest absolute Gasteiger partial charge is 0.329 e. The monoisotopic (exact) mass is 281 g/mol. The predicted molar refractivity (Wildman–Crippen MR) is 82.6 cm³/mol. The summed E-state index contributed by atoms with van der Waals surface area (Å²) in [5, 5.41) is 5.57. The minimum Gasteiger partial charge on any atom is -0.329 e. The van der Waals surface area contributed by atoms with Crippen LogP contribution in [0.1, 0.15) is 46.0 Å². The fourth-order valence-electron chi connectivity index (χ4n) is 2.88. The van der Waals surface area contributed by atoms with Crippen LogP contribution in [-0.2, 0) is 7.05 Å². The molecule has 3 atom stereocenters. The van der Waals surface area contributed by atoms with E-state index in [1.165, 1.54) is 32.1 Å². The Kier molecular flexibility index (Phi) is 5.76. The Balaban J connectivity index is 2.00. The van der Waals surface area contributed by atoms with E-state index in [-0.39, 0.29) is 0 Å². The van der Waals surface area contributed by atoms with Crippen LogP contribution in [0.2, 0.25) is 0 Å². The van der Waals surface area contributed by atoms with Gasteiger partial charge >= 0.3 is 0 Å². The van der Waals surface area contributed by atoms with Crippen molar-refractivity contribution in [1.82, 2.24) is 14.9 Å². The van der Waals surface area contributed by atoms with Crippen molar-refractivity contribution in [2.45, 2.75) is 62.4 Å². The zero-order chi connectivity index (χ0) is 13.7. The zero-order valence-corrected chi connectivity index (χ0v) is 13.2. The summed E-state index contributed by atoms with van der Waals surface area (Å²) in [5.74, 6) is 0.900. The van der Waals surface area contributed by atoms with E-state index in [2.05, 4.69) is 35.8 Å². The third-order valence-electron chi connectivity index (χ3n) is 4.17. The molecule has 0 aromatic carbocycles. The summed E-state index contributed by atoms with van der Waals surface area (Å²) in [6, 6.07) is 0.657. The van der Waals surface area contributed by atoms with Crippen molar-refractivity contribution < 1.29 is 0 Å². The second kappa shape index (κ2) is 7.34. The first-order chi connectivity index (χ1) is 9.24. The lowest BCUT2D eigenvalue weighted by Crippen LogP contribution is -2.43. The first-order valence-corrected chi connectivity index (χ1v) is 8.49. The van der Waals surface area contributed by atoms with Gasteiger partial charge in [0.15, 0.2) is 5.16 Å². The third-order valence-corrected chi connectivity index (χ3v) is 5.60. The molecular weight excluding hydrogens is 254 g/mol. The zero-order valence-electron chi connectivity index (χ0n) is 12.4. The van der Waals surface area contributed by atoms with E-state index in [4.69, 9.17) is 0 Å². The second-order valence-corrected chi connectivity index (χ2v) is 6.83. The minimum atomic E-state index is 0.657. The average molecular weight is 281 g/mol. The molecule has 19 heavy (non-hydrogen) atoms. The molecule has 0 bridgehead atoms. The lowest BCUT2D eigenvalue weighted by Gasteiger charge is -2.35. The van der Waals surface area contributed by atoms with E-state index in [1.54, 1.807) is 0 Å². The molecule has 2 rings (SSSR count). The summed E-state index contributed by atoms with van der Waals surface area (Å²) < 4.78 is 2.14. The number of rotatable bonds is 6. The number of aromatic nitrogens is 2. The van der Waals surface area contributed by atoms with Gasteiger partial charge in [0.25, 0.3) is 0 Å². The van der Waals surface area contributed by atoms with E-state index in [0.29, 0.717) is 11.3 Å². The summed E-state index contributed by atoms with van der Waals surface area (Å²) in [4.78, 5) is 4.47. The van der Waals surface area contributed by atoms with Gasteiger partial charge in [0, 0.05) is 30.7 Å². The molecule has 1 aliphatic carbocycles. The Morgan fingerprint density at radius 3 is 2.89 bits per heavy atom. The highest BCUT2D eigenvalue weighted by atomic mass is 32.2. The summed E-state index contributed by atoms with van der Waals surface area (Å²) in [7, 11) is 2.09. The Morgan fingerprint density at radius 1 is 1.42 bits per heavy atom. The number of nitrogens with one attached hydrogen (secondary N) is 1. The molecule has 1 fully saturated rings. The fraction of sp³-hybridized carbons (Fsp3) is 0.800. The molecule has 3 unspecified atom stereocenters. The first-order valence-electron chi connectivity index (χ1n) is 7.62. The Hall–Kier alpha value is -0.480. The lowest BCUT2D eigenvalue weighted by atomic mass is 9.84. The van der Waals surface area contributed by atoms with Crippen LogP contribution in [0.25, 0.3) is 0 Å². The molecule has 0 amide bonds. The molecule has 0 saturated heterocycles. The average Bonchev–Trinajstić information content (AvgIpc) is 2.83. The van der Waals surface area contributed by atoms with E-state index < -0.39 is 0 Å². The molecule has 1 heterocycles. The number of nitrogens with zero attached hydrogens (tertiary/aromatic N) is 2. The first kappa shape index (κ1) is 14.9. The van der Waals surface area contributed by atoms with Crippen molar-refractivity contribution in [2.24, 2.45) is 13.0 Å². The van der Waals surface area contributed by atoms with Crippen LogP contribution in [0, 0.1) is 5.92 Å². The molecule has 4 heteroatoms. The van der Waals surface area contributed by atoms with Crippen LogP contribution in [0.5, 0.6) is 0 Å². The number of aryl methyl sites for hydroxylation is 1. The van der Waals surface area contributed by atoms with Gasteiger partial charge in [-0.3, -0.25) is 0 Å². The molecule has 0 aliphatic heterocycles. The highest BCUT2D eigenvalue weighted by molar-refractivity contribution is 7.99. The van der Waals surface area contributed by atoms with Crippen molar-refractivity contribution in [3.8, 4) is 0 Å². The van der Waals surface area contributed by atoms with Crippen molar-refractivity contribution >= 4 is 11.8 Å². The topological polar surface area (TPSA) is 29.9 Å². The maximum Gasteiger partial charge on any atom is 0.167 e. The van der Waals surface area contributed by atoms with Gasteiger partial charge in [-0.2, -0.15) is 0 Å². The summed E-state index contributed by atoms with van der Waals surface area (Å²) in [6.07, 6.45) is 10.5. The van der Waals surface area contributed by atoms with Crippen LogP contribution >= 0.6 is 11.8 Å². The quantitative estimate of drug-likeness (QED) is 0.866. The highest BCUT2D eigenvalue weighted by Crippen LogP contribution is 2.36. The van der Waals surface area contributed by atoms with E-state index in [9.17, 15) is 0 Å². The van der Waals surface area contributed by atoms with Gasteiger partial charge in [-0.05, 0) is 38.1 Å². The number of imidazole rings is 1. The standard InChI is InChI=1S/C15H27N3S/c1-4-8-16-13-7-6-12(5-2)11-14(13)19-15-17-9-10-18(15)3/h9-10,12-14,16H,4-8,11H2,1-3H3. The van der Waals surface area contributed by atoms with E-state index in [0.717, 1.165) is 17.6 Å². The molecule has 1 aromatic rings. The van der Waals surface area contributed by atoms with E-state index in [1.807, 2.05) is 24.2 Å². The fourth-order valence-corrected chi connectivity index (χ4v) is 4.26. The molecule has 1 aromatic heterocycles. The Labute approximate surface area is 121 Å². The van der Waals surface area contributed by atoms with Gasteiger partial charge in [0.2, 0.25) is 0 Å². The lowest BCUT2D eigenvalue weighted by molar-refractivity contribution is 0.295. The predicted octanol–water partition coefficient (Wildman–Crippen LogP) is 3.46. The van der Waals surface area contributed by atoms with Gasteiger partial charge in [-0.1, -0.05) is 32.0 Å². The number of thioether (sulfide) groups is 1. The van der Waals surface area contributed by atoms with Crippen molar-refractivity contribution in [3.05, 3.63) is 12.4 Å². The van der Waals surface area contributed by atoms with E-state index >= 15 is 0 Å². The maximum absolute atomic E-state index is 4.47. The van der Waals surface area contributed by atoms with Crippen LogP contribution in [-0.4, -0.2) is 27.4 Å². The number of hydrogen-bond acceptors (Lipinski definition) is 3. The van der Waals surface area contributed by atoms with Gasteiger partial charge in [-0.15, -0.1) is 0 Å². The number of hydrogen-bond donors (Lipinski definition) is 1. The van der Waals surface area contributed by atoms with Gasteiger partial charge in [0.1, 0.15) is 0 Å².